The van der Waals surface area contributed by atoms with Gasteiger partial charge in [-0.05, 0) is 66.4 Å². The van der Waals surface area contributed by atoms with Crippen LogP contribution in [-0.4, -0.2) is 35.9 Å². The first-order chi connectivity index (χ1) is 16.1. The second-order valence-corrected chi connectivity index (χ2v) is 9.71. The number of aryl methyl sites for hydroxylation is 1. The van der Waals surface area contributed by atoms with Crippen LogP contribution in [0.2, 0.25) is 0 Å². The lowest BCUT2D eigenvalue weighted by Gasteiger charge is -2.28. The minimum Gasteiger partial charge on any atom is -0.375 e. The van der Waals surface area contributed by atoms with Gasteiger partial charge in [0.05, 0.1) is 13.2 Å². The number of thioether (sulfide) groups is 1. The highest BCUT2D eigenvalue weighted by atomic mass is 32.2. The van der Waals surface area contributed by atoms with Gasteiger partial charge in [0.15, 0.2) is 0 Å². The second-order valence-electron chi connectivity index (χ2n) is 8.07. The summed E-state index contributed by atoms with van der Waals surface area (Å²) in [6, 6.07) is 17.4. The number of hydrogen-bond acceptors (Lipinski definition) is 4. The van der Waals surface area contributed by atoms with Crippen LogP contribution < -0.4 is 10.2 Å². The van der Waals surface area contributed by atoms with Crippen molar-refractivity contribution in [2.75, 3.05) is 30.3 Å². The number of nitrogens with one attached hydrogen (secondary N) is 1. The Balaban J connectivity index is 1.27. The lowest BCUT2D eigenvalue weighted by Crippen LogP contribution is -2.27. The molecule has 4 nitrogen and oxygen atoms in total. The zero-order chi connectivity index (χ0) is 23.0. The highest BCUT2D eigenvalue weighted by Crippen LogP contribution is 2.43. The van der Waals surface area contributed by atoms with Crippen molar-refractivity contribution in [1.29, 1.82) is 0 Å². The number of halogens is 1. The standard InChI is InChI=1S/C26H29FN3OPS/c1-19-15-20(10-12-28-13-14-31-17-21-3-2-11-29-16-21)4-9-24(19)30-25(32)18-33-26(30)22-5-7-23(27)8-6-22/h2-9,11,15-16,26,28,32H,10,12-14,17-18H2,1H3. The SMILES string of the molecule is Cc1cc(CCNCCOCc2cccnc2)ccc1N1C(=P)CSC1c1ccc(F)cc1. The van der Waals surface area contributed by atoms with Gasteiger partial charge in [0, 0.05) is 35.8 Å². The highest BCUT2D eigenvalue weighted by molar-refractivity contribution is 8.01. The Morgan fingerprint density at radius 2 is 2.00 bits per heavy atom. The maximum absolute atomic E-state index is 13.4. The molecule has 0 bridgehead atoms. The highest BCUT2D eigenvalue weighted by Gasteiger charge is 2.31. The van der Waals surface area contributed by atoms with E-state index in [4.69, 9.17) is 4.74 Å². The predicted octanol–water partition coefficient (Wildman–Crippen LogP) is 5.40. The molecular weight excluding hydrogens is 452 g/mol. The molecule has 0 radical (unpaired) electrons. The molecule has 172 valence electrons. The van der Waals surface area contributed by atoms with Crippen molar-refractivity contribution in [2.45, 2.75) is 25.3 Å². The van der Waals surface area contributed by atoms with Crippen molar-refractivity contribution >= 4 is 31.7 Å². The third kappa shape index (κ3) is 6.42. The quantitative estimate of drug-likeness (QED) is 0.310. The minimum absolute atomic E-state index is 0.135. The molecular formula is C26H29FN3OPS. The van der Waals surface area contributed by atoms with E-state index >= 15 is 0 Å². The Morgan fingerprint density at radius 1 is 1.15 bits per heavy atom. The van der Waals surface area contributed by atoms with Gasteiger partial charge in [0.2, 0.25) is 0 Å². The zero-order valence-corrected chi connectivity index (χ0v) is 20.6. The van der Waals surface area contributed by atoms with Crippen LogP contribution in [0.4, 0.5) is 10.1 Å². The van der Waals surface area contributed by atoms with Gasteiger partial charge < -0.3 is 15.0 Å². The number of ether oxygens (including phenoxy) is 1. The summed E-state index contributed by atoms with van der Waals surface area (Å²) in [6.45, 7) is 5.15. The first-order valence-electron chi connectivity index (χ1n) is 11.1. The summed E-state index contributed by atoms with van der Waals surface area (Å²) in [4.78, 5) is 6.41. The molecule has 7 heteroatoms. The van der Waals surface area contributed by atoms with Crippen LogP contribution in [-0.2, 0) is 17.8 Å². The van der Waals surface area contributed by atoms with Gasteiger partial charge in [0.25, 0.3) is 0 Å². The summed E-state index contributed by atoms with van der Waals surface area (Å²) in [5.41, 5.74) is 7.05. The number of rotatable bonds is 10. The van der Waals surface area contributed by atoms with E-state index in [0.29, 0.717) is 13.2 Å². The molecule has 2 aromatic carbocycles. The fourth-order valence-electron chi connectivity index (χ4n) is 3.91. The van der Waals surface area contributed by atoms with Crippen molar-refractivity contribution in [3.63, 3.8) is 0 Å². The van der Waals surface area contributed by atoms with E-state index in [1.807, 2.05) is 42.2 Å². The van der Waals surface area contributed by atoms with E-state index in [-0.39, 0.29) is 11.2 Å². The number of aromatic nitrogens is 1. The third-order valence-electron chi connectivity index (χ3n) is 5.58. The van der Waals surface area contributed by atoms with E-state index in [9.17, 15) is 4.39 Å². The summed E-state index contributed by atoms with van der Waals surface area (Å²) in [6.07, 6.45) is 4.56. The van der Waals surface area contributed by atoms with E-state index in [1.165, 1.54) is 28.9 Å². The van der Waals surface area contributed by atoms with E-state index < -0.39 is 0 Å². The molecule has 1 atom stereocenters. The molecule has 33 heavy (non-hydrogen) atoms. The van der Waals surface area contributed by atoms with Gasteiger partial charge >= 0.3 is 0 Å². The predicted molar refractivity (Wildman–Crippen MR) is 139 cm³/mol. The smallest absolute Gasteiger partial charge is 0.123 e. The van der Waals surface area contributed by atoms with Gasteiger partial charge in [-0.1, -0.05) is 39.2 Å². The normalized spacial score (nSPS) is 15.9. The van der Waals surface area contributed by atoms with Crippen LogP contribution >= 0.6 is 20.6 Å². The molecule has 1 saturated heterocycles. The zero-order valence-electron chi connectivity index (χ0n) is 18.8. The minimum atomic E-state index is -0.204. The van der Waals surface area contributed by atoms with Crippen LogP contribution in [0.5, 0.6) is 0 Å². The molecule has 1 fully saturated rings. The van der Waals surface area contributed by atoms with Gasteiger partial charge in [-0.25, -0.2) is 4.39 Å². The molecule has 0 spiro atoms. The lowest BCUT2D eigenvalue weighted by molar-refractivity contribution is 0.122. The Bertz CT molecular complexity index is 1060. The van der Waals surface area contributed by atoms with Gasteiger partial charge in [-0.2, -0.15) is 0 Å². The second kappa shape index (κ2) is 11.8. The number of benzene rings is 2. The monoisotopic (exact) mass is 481 g/mol. The molecule has 1 N–H and O–H groups in total. The van der Waals surface area contributed by atoms with Crippen molar-refractivity contribution in [3.05, 3.63) is 95.1 Å². The first kappa shape index (κ1) is 23.9. The fourth-order valence-corrected chi connectivity index (χ4v) is 5.69. The Kier molecular flexibility index (Phi) is 8.51. The fraction of sp³-hybridized carbons (Fsp3) is 0.308. The van der Waals surface area contributed by atoms with Crippen LogP contribution in [0.15, 0.2) is 67.0 Å². The van der Waals surface area contributed by atoms with Crippen LogP contribution in [0.1, 0.15) is 27.6 Å². The number of hydrogen-bond donors (Lipinski definition) is 1. The Morgan fingerprint density at radius 3 is 2.76 bits per heavy atom. The summed E-state index contributed by atoms with van der Waals surface area (Å²) in [7, 11) is 3.81. The molecule has 1 aliphatic rings. The van der Waals surface area contributed by atoms with Gasteiger partial charge in [-0.15, -0.1) is 11.8 Å². The largest absolute Gasteiger partial charge is 0.375 e. The molecule has 0 saturated carbocycles. The summed E-state index contributed by atoms with van der Waals surface area (Å²) in [5, 5.41) is 3.59. The molecule has 4 rings (SSSR count). The number of anilines is 1. The molecule has 1 aromatic heterocycles. The van der Waals surface area contributed by atoms with E-state index in [1.54, 1.807) is 6.20 Å². The lowest BCUT2D eigenvalue weighted by atomic mass is 10.1. The van der Waals surface area contributed by atoms with Crippen molar-refractivity contribution in [2.24, 2.45) is 0 Å². The molecule has 3 aromatic rings. The maximum Gasteiger partial charge on any atom is 0.123 e. The Hall–Kier alpha value is -2.24. The third-order valence-corrected chi connectivity index (χ3v) is 7.50. The molecule has 0 aliphatic carbocycles. The number of pyridine rings is 1. The van der Waals surface area contributed by atoms with Crippen molar-refractivity contribution < 1.29 is 9.13 Å². The van der Waals surface area contributed by atoms with E-state index in [2.05, 4.69) is 49.2 Å². The molecule has 1 unspecified atom stereocenters. The van der Waals surface area contributed by atoms with Gasteiger partial charge in [-0.3, -0.25) is 4.98 Å². The Labute approximate surface area is 201 Å². The average Bonchev–Trinajstić information content (AvgIpc) is 3.21. The van der Waals surface area contributed by atoms with Crippen LogP contribution in [0.3, 0.4) is 0 Å². The summed E-state index contributed by atoms with van der Waals surface area (Å²) >= 11 is 1.84. The number of nitrogens with zero attached hydrogens (tertiary/aromatic N) is 2. The topological polar surface area (TPSA) is 37.4 Å². The van der Waals surface area contributed by atoms with Gasteiger partial charge in [0.1, 0.15) is 11.2 Å². The summed E-state index contributed by atoms with van der Waals surface area (Å²) in [5.74, 6) is 0.692. The van der Waals surface area contributed by atoms with E-state index in [0.717, 1.165) is 41.8 Å². The van der Waals surface area contributed by atoms with Crippen LogP contribution in [0.25, 0.3) is 0 Å². The molecule has 1 aliphatic heterocycles. The molecule has 0 amide bonds. The maximum atomic E-state index is 13.4. The van der Waals surface area contributed by atoms with Crippen molar-refractivity contribution in [1.82, 2.24) is 10.3 Å². The average molecular weight is 482 g/mol. The van der Waals surface area contributed by atoms with Crippen LogP contribution in [0, 0.1) is 12.7 Å². The molecule has 2 heterocycles. The van der Waals surface area contributed by atoms with Crippen molar-refractivity contribution in [3.8, 4) is 0 Å². The first-order valence-corrected chi connectivity index (χ1v) is 12.7. The summed E-state index contributed by atoms with van der Waals surface area (Å²) < 4.78 is 19.1.